The van der Waals surface area contributed by atoms with Gasteiger partial charge in [0, 0.05) is 24.0 Å². The number of rotatable bonds is 6. The number of benzene rings is 1. The first-order valence-corrected chi connectivity index (χ1v) is 8.95. The maximum atomic E-state index is 12.4. The summed E-state index contributed by atoms with van der Waals surface area (Å²) in [7, 11) is 0. The zero-order valence-electron chi connectivity index (χ0n) is 14.5. The predicted octanol–water partition coefficient (Wildman–Crippen LogP) is 2.48. The normalized spacial score (nSPS) is 17.6. The highest BCUT2D eigenvalue weighted by molar-refractivity contribution is 6.30. The Morgan fingerprint density at radius 2 is 1.96 bits per heavy atom. The smallest absolute Gasteiger partial charge is 0.245 e. The van der Waals surface area contributed by atoms with Gasteiger partial charge in [0.2, 0.25) is 11.8 Å². The van der Waals surface area contributed by atoms with Crippen molar-refractivity contribution in [2.45, 2.75) is 31.8 Å². The van der Waals surface area contributed by atoms with Gasteiger partial charge in [0.25, 0.3) is 0 Å². The number of hydrogen-bond acceptors (Lipinski definition) is 3. The number of carbonyl (C=O) groups excluding carboxylic acids is 2. The topological polar surface area (TPSA) is 69.6 Å². The summed E-state index contributed by atoms with van der Waals surface area (Å²) in [5.74, 6) is -0.311. The molecule has 1 fully saturated rings. The summed E-state index contributed by atoms with van der Waals surface area (Å²) in [6.07, 6.45) is 3.02. The first-order chi connectivity index (χ1) is 11.9. The van der Waals surface area contributed by atoms with Crippen LogP contribution in [0.3, 0.4) is 0 Å². The van der Waals surface area contributed by atoms with Crippen LogP contribution in [0.2, 0.25) is 5.02 Å². The van der Waals surface area contributed by atoms with Crippen LogP contribution >= 0.6 is 11.6 Å². The third-order valence-corrected chi connectivity index (χ3v) is 5.13. The fourth-order valence-corrected chi connectivity index (χ4v) is 3.19. The molecule has 0 spiro atoms. The number of amides is 2. The van der Waals surface area contributed by atoms with E-state index < -0.39 is 5.60 Å². The van der Waals surface area contributed by atoms with Gasteiger partial charge < -0.3 is 15.3 Å². The van der Waals surface area contributed by atoms with E-state index in [1.165, 1.54) is 6.08 Å². The lowest BCUT2D eigenvalue weighted by atomic mass is 9.90. The molecule has 0 aromatic heterocycles. The Balaban J connectivity index is 1.91. The standard InChI is InChI=1S/C19H25ClN2O3/c1-3-17(23)22-11-9-14(10-12-22)18(24)21-13-19(25,4-2)15-5-7-16(20)8-6-15/h3,5-8,14,25H,1,4,9-13H2,2H3,(H,21,24). The van der Waals surface area contributed by atoms with E-state index in [1.54, 1.807) is 29.2 Å². The van der Waals surface area contributed by atoms with Gasteiger partial charge in [-0.05, 0) is 43.0 Å². The van der Waals surface area contributed by atoms with Gasteiger partial charge in [-0.3, -0.25) is 9.59 Å². The van der Waals surface area contributed by atoms with E-state index in [1.807, 2.05) is 6.92 Å². The summed E-state index contributed by atoms with van der Waals surface area (Å²) in [6.45, 7) is 6.61. The molecule has 0 radical (unpaired) electrons. The third kappa shape index (κ3) is 4.83. The number of aliphatic hydroxyl groups is 1. The minimum absolute atomic E-state index is 0.0773. The van der Waals surface area contributed by atoms with E-state index >= 15 is 0 Å². The quantitative estimate of drug-likeness (QED) is 0.762. The molecule has 1 heterocycles. The molecule has 1 aromatic rings. The van der Waals surface area contributed by atoms with Crippen LogP contribution in [-0.4, -0.2) is 41.5 Å². The molecule has 1 aliphatic rings. The molecule has 1 unspecified atom stereocenters. The van der Waals surface area contributed by atoms with Crippen LogP contribution in [0.1, 0.15) is 31.7 Å². The van der Waals surface area contributed by atoms with Crippen molar-refractivity contribution in [3.8, 4) is 0 Å². The minimum atomic E-state index is -1.13. The van der Waals surface area contributed by atoms with Crippen LogP contribution in [0, 0.1) is 5.92 Å². The SMILES string of the molecule is C=CC(=O)N1CCC(C(=O)NCC(O)(CC)c2ccc(Cl)cc2)CC1. The lowest BCUT2D eigenvalue weighted by Gasteiger charge is -2.32. The third-order valence-electron chi connectivity index (χ3n) is 4.87. The monoisotopic (exact) mass is 364 g/mol. The van der Waals surface area contributed by atoms with Crippen LogP contribution in [0.25, 0.3) is 0 Å². The van der Waals surface area contributed by atoms with Crippen LogP contribution in [0.15, 0.2) is 36.9 Å². The van der Waals surface area contributed by atoms with Crippen molar-refractivity contribution >= 4 is 23.4 Å². The summed E-state index contributed by atoms with van der Waals surface area (Å²) >= 11 is 5.89. The number of piperidine rings is 1. The molecule has 5 nitrogen and oxygen atoms in total. The van der Waals surface area contributed by atoms with E-state index in [4.69, 9.17) is 11.6 Å². The lowest BCUT2D eigenvalue weighted by molar-refractivity contribution is -0.132. The predicted molar refractivity (Wildman–Crippen MR) is 98.2 cm³/mol. The maximum absolute atomic E-state index is 12.4. The second-order valence-corrected chi connectivity index (χ2v) is 6.85. The molecule has 0 bridgehead atoms. The number of halogens is 1. The first-order valence-electron chi connectivity index (χ1n) is 8.57. The van der Waals surface area contributed by atoms with Gasteiger partial charge in [-0.1, -0.05) is 37.2 Å². The largest absolute Gasteiger partial charge is 0.383 e. The number of likely N-dealkylation sites (tertiary alicyclic amines) is 1. The van der Waals surface area contributed by atoms with Crippen molar-refractivity contribution in [1.82, 2.24) is 10.2 Å². The van der Waals surface area contributed by atoms with Crippen LogP contribution in [0.4, 0.5) is 0 Å². The molecule has 1 atom stereocenters. The van der Waals surface area contributed by atoms with Gasteiger partial charge >= 0.3 is 0 Å². The fourth-order valence-electron chi connectivity index (χ4n) is 3.06. The molecule has 0 aliphatic carbocycles. The molecule has 2 amide bonds. The second kappa shape index (κ2) is 8.50. The Morgan fingerprint density at radius 1 is 1.36 bits per heavy atom. The van der Waals surface area contributed by atoms with E-state index in [9.17, 15) is 14.7 Å². The van der Waals surface area contributed by atoms with E-state index in [0.717, 1.165) is 5.56 Å². The highest BCUT2D eigenvalue weighted by Crippen LogP contribution is 2.26. The first kappa shape index (κ1) is 19.5. The van der Waals surface area contributed by atoms with Crippen LogP contribution < -0.4 is 5.32 Å². The summed E-state index contributed by atoms with van der Waals surface area (Å²) in [5, 5.41) is 14.3. The van der Waals surface area contributed by atoms with Gasteiger partial charge in [0.05, 0.1) is 6.54 Å². The van der Waals surface area contributed by atoms with Crippen molar-refractivity contribution in [1.29, 1.82) is 0 Å². The molecule has 25 heavy (non-hydrogen) atoms. The molecular formula is C19H25ClN2O3. The number of nitrogens with one attached hydrogen (secondary N) is 1. The van der Waals surface area contributed by atoms with Crippen LogP contribution in [0.5, 0.6) is 0 Å². The maximum Gasteiger partial charge on any atom is 0.245 e. The average molecular weight is 365 g/mol. The molecule has 1 aliphatic heterocycles. The number of carbonyl (C=O) groups is 2. The van der Waals surface area contributed by atoms with Crippen molar-refractivity contribution in [3.63, 3.8) is 0 Å². The molecule has 1 saturated heterocycles. The molecule has 1 aromatic carbocycles. The Hall–Kier alpha value is -1.85. The van der Waals surface area contributed by atoms with Crippen molar-refractivity contribution in [2.75, 3.05) is 19.6 Å². The molecular weight excluding hydrogens is 340 g/mol. The molecule has 2 N–H and O–H groups in total. The number of nitrogens with zero attached hydrogens (tertiary/aromatic N) is 1. The minimum Gasteiger partial charge on any atom is -0.383 e. The highest BCUT2D eigenvalue weighted by Gasteiger charge is 2.31. The Morgan fingerprint density at radius 3 is 2.48 bits per heavy atom. The van der Waals surface area contributed by atoms with Gasteiger partial charge in [0.1, 0.15) is 5.60 Å². The second-order valence-electron chi connectivity index (χ2n) is 6.41. The van der Waals surface area contributed by atoms with Gasteiger partial charge in [-0.2, -0.15) is 0 Å². The van der Waals surface area contributed by atoms with Gasteiger partial charge in [-0.25, -0.2) is 0 Å². The highest BCUT2D eigenvalue weighted by atomic mass is 35.5. The molecule has 0 saturated carbocycles. The summed E-state index contributed by atoms with van der Waals surface area (Å²) in [4.78, 5) is 25.7. The Labute approximate surface area is 153 Å². The van der Waals surface area contributed by atoms with Crippen molar-refractivity contribution in [2.24, 2.45) is 5.92 Å². The van der Waals surface area contributed by atoms with E-state index in [-0.39, 0.29) is 24.3 Å². The zero-order chi connectivity index (χ0) is 18.4. The molecule has 6 heteroatoms. The Bertz CT molecular complexity index is 624. The van der Waals surface area contributed by atoms with Crippen molar-refractivity contribution < 1.29 is 14.7 Å². The fraction of sp³-hybridized carbons (Fsp3) is 0.474. The van der Waals surface area contributed by atoms with E-state index in [2.05, 4.69) is 11.9 Å². The summed E-state index contributed by atoms with van der Waals surface area (Å²) in [5.41, 5.74) is -0.397. The Kier molecular flexibility index (Phi) is 6.62. The molecule has 2 rings (SSSR count). The summed E-state index contributed by atoms with van der Waals surface area (Å²) in [6, 6.07) is 7.01. The van der Waals surface area contributed by atoms with Gasteiger partial charge in [0.15, 0.2) is 0 Å². The zero-order valence-corrected chi connectivity index (χ0v) is 15.3. The summed E-state index contributed by atoms with van der Waals surface area (Å²) < 4.78 is 0. The van der Waals surface area contributed by atoms with Crippen LogP contribution in [-0.2, 0) is 15.2 Å². The average Bonchev–Trinajstić information content (AvgIpc) is 2.65. The lowest BCUT2D eigenvalue weighted by Crippen LogP contribution is -2.46. The molecule has 136 valence electrons. The van der Waals surface area contributed by atoms with Crippen molar-refractivity contribution in [3.05, 3.63) is 47.5 Å². The van der Waals surface area contributed by atoms with Gasteiger partial charge in [-0.15, -0.1) is 0 Å². The number of hydrogen-bond donors (Lipinski definition) is 2. The van der Waals surface area contributed by atoms with E-state index in [0.29, 0.717) is 37.4 Å².